The van der Waals surface area contributed by atoms with E-state index < -0.39 is 11.7 Å². The Labute approximate surface area is 106 Å². The molecule has 0 aliphatic carbocycles. The molecular formula is C12H19N3O3. The Hall–Kier alpha value is -1.85. The van der Waals surface area contributed by atoms with Crippen molar-refractivity contribution in [1.29, 1.82) is 0 Å². The van der Waals surface area contributed by atoms with E-state index in [0.29, 0.717) is 5.69 Å². The summed E-state index contributed by atoms with van der Waals surface area (Å²) in [5.41, 5.74) is 0.563. The lowest BCUT2D eigenvalue weighted by Crippen LogP contribution is -2.35. The third kappa shape index (κ3) is 3.87. The van der Waals surface area contributed by atoms with E-state index in [4.69, 9.17) is 4.74 Å². The van der Waals surface area contributed by atoms with Gasteiger partial charge < -0.3 is 14.6 Å². The number of nitrogens with one attached hydrogen (secondary N) is 1. The van der Waals surface area contributed by atoms with Crippen LogP contribution in [0.1, 0.15) is 37.0 Å². The van der Waals surface area contributed by atoms with Crippen molar-refractivity contribution in [1.82, 2.24) is 14.9 Å². The molecule has 0 saturated heterocycles. The van der Waals surface area contributed by atoms with Gasteiger partial charge in [0, 0.05) is 12.7 Å². The number of aromatic nitrogens is 2. The van der Waals surface area contributed by atoms with Gasteiger partial charge in [-0.3, -0.25) is 4.79 Å². The zero-order chi connectivity index (χ0) is 13.9. The number of hydrogen-bond donors (Lipinski definition) is 1. The molecule has 0 bridgehead atoms. The quantitative estimate of drug-likeness (QED) is 0.827. The maximum Gasteiger partial charge on any atom is 0.408 e. The highest BCUT2D eigenvalue weighted by atomic mass is 16.6. The molecule has 0 fully saturated rings. The van der Waals surface area contributed by atoms with Gasteiger partial charge in [0.15, 0.2) is 0 Å². The van der Waals surface area contributed by atoms with Crippen molar-refractivity contribution in [2.75, 3.05) is 6.54 Å². The predicted octanol–water partition coefficient (Wildman–Crippen LogP) is 1.44. The first kappa shape index (κ1) is 14.2. The van der Waals surface area contributed by atoms with Crippen molar-refractivity contribution >= 4 is 11.9 Å². The monoisotopic (exact) mass is 253 g/mol. The van der Waals surface area contributed by atoms with Crippen LogP contribution < -0.4 is 5.32 Å². The Balaban J connectivity index is 2.52. The molecule has 1 aromatic heterocycles. The van der Waals surface area contributed by atoms with Gasteiger partial charge in [-0.25, -0.2) is 9.78 Å². The van der Waals surface area contributed by atoms with E-state index in [2.05, 4.69) is 10.3 Å². The molecule has 1 amide bonds. The molecule has 0 spiro atoms. The largest absolute Gasteiger partial charge is 0.444 e. The summed E-state index contributed by atoms with van der Waals surface area (Å²) >= 11 is 0. The second kappa shape index (κ2) is 5.20. The van der Waals surface area contributed by atoms with Gasteiger partial charge in [-0.1, -0.05) is 0 Å². The summed E-state index contributed by atoms with van der Waals surface area (Å²) < 4.78 is 6.78. The van der Waals surface area contributed by atoms with Crippen molar-refractivity contribution in [2.24, 2.45) is 7.05 Å². The van der Waals surface area contributed by atoms with E-state index in [1.807, 2.05) is 0 Å². The van der Waals surface area contributed by atoms with Crippen LogP contribution in [0.15, 0.2) is 6.33 Å². The van der Waals surface area contributed by atoms with Gasteiger partial charge in [-0.15, -0.1) is 0 Å². The second-order valence-corrected chi connectivity index (χ2v) is 5.07. The molecule has 1 aromatic rings. The minimum absolute atomic E-state index is 0.118. The maximum atomic E-state index is 11.8. The summed E-state index contributed by atoms with van der Waals surface area (Å²) in [6, 6.07) is 0. The molecule has 6 heteroatoms. The summed E-state index contributed by atoms with van der Waals surface area (Å²) in [4.78, 5) is 27.2. The predicted molar refractivity (Wildman–Crippen MR) is 66.5 cm³/mol. The second-order valence-electron chi connectivity index (χ2n) is 5.07. The van der Waals surface area contributed by atoms with E-state index in [-0.39, 0.29) is 12.3 Å². The lowest BCUT2D eigenvalue weighted by molar-refractivity contribution is 0.0520. The van der Waals surface area contributed by atoms with Gasteiger partial charge in [0.1, 0.15) is 11.3 Å². The smallest absolute Gasteiger partial charge is 0.408 e. The van der Waals surface area contributed by atoms with Gasteiger partial charge >= 0.3 is 6.09 Å². The number of alkyl carbamates (subject to hydrolysis) is 1. The molecule has 0 aliphatic heterocycles. The number of amides is 1. The average Bonchev–Trinajstić information content (AvgIpc) is 2.54. The molecule has 0 aromatic carbocycles. The van der Waals surface area contributed by atoms with Crippen molar-refractivity contribution < 1.29 is 14.3 Å². The van der Waals surface area contributed by atoms with Gasteiger partial charge in [0.25, 0.3) is 0 Å². The number of aryl methyl sites for hydroxylation is 1. The number of rotatable bonds is 3. The molecule has 0 aliphatic rings. The minimum Gasteiger partial charge on any atom is -0.444 e. The highest BCUT2D eigenvalue weighted by Crippen LogP contribution is 2.07. The highest BCUT2D eigenvalue weighted by Gasteiger charge is 2.18. The molecular weight excluding hydrogens is 234 g/mol. The van der Waals surface area contributed by atoms with E-state index >= 15 is 0 Å². The molecule has 1 N–H and O–H groups in total. The van der Waals surface area contributed by atoms with Crippen LogP contribution in [0.25, 0.3) is 0 Å². The number of ether oxygens (including phenoxy) is 1. The molecule has 1 heterocycles. The highest BCUT2D eigenvalue weighted by molar-refractivity contribution is 5.98. The van der Waals surface area contributed by atoms with Crippen LogP contribution in [0.4, 0.5) is 4.79 Å². The molecule has 6 nitrogen and oxygen atoms in total. The molecule has 0 radical (unpaired) electrons. The minimum atomic E-state index is -0.607. The van der Waals surface area contributed by atoms with Crippen LogP contribution in [0.2, 0.25) is 0 Å². The van der Waals surface area contributed by atoms with Crippen molar-refractivity contribution in [3.63, 3.8) is 0 Å². The fraction of sp³-hybridized carbons (Fsp3) is 0.583. The number of imidazole rings is 1. The Morgan fingerprint density at radius 3 is 2.50 bits per heavy atom. The summed E-state index contributed by atoms with van der Waals surface area (Å²) in [6.07, 6.45) is 0.959. The van der Waals surface area contributed by atoms with E-state index in [1.165, 1.54) is 0 Å². The first-order chi connectivity index (χ1) is 8.20. The summed E-state index contributed by atoms with van der Waals surface area (Å²) in [5, 5.41) is 2.41. The summed E-state index contributed by atoms with van der Waals surface area (Å²) in [7, 11) is 1.81. The zero-order valence-electron chi connectivity index (χ0n) is 11.4. The van der Waals surface area contributed by atoms with Crippen LogP contribution in [-0.2, 0) is 11.8 Å². The molecule has 0 saturated carbocycles. The summed E-state index contributed by atoms with van der Waals surface area (Å²) in [6.45, 7) is 6.96. The van der Waals surface area contributed by atoms with Gasteiger partial charge in [0.2, 0.25) is 5.78 Å². The Kier molecular flexibility index (Phi) is 4.11. The number of ketones is 1. The van der Waals surface area contributed by atoms with Crippen LogP contribution in [0.3, 0.4) is 0 Å². The van der Waals surface area contributed by atoms with Crippen molar-refractivity contribution in [2.45, 2.75) is 33.3 Å². The molecule has 1 rings (SSSR count). The topological polar surface area (TPSA) is 73.2 Å². The zero-order valence-corrected chi connectivity index (χ0v) is 11.4. The Morgan fingerprint density at radius 2 is 2.06 bits per heavy atom. The van der Waals surface area contributed by atoms with Crippen molar-refractivity contribution in [3.8, 4) is 0 Å². The third-order valence-corrected chi connectivity index (χ3v) is 2.29. The SMILES string of the molecule is Cc1c(C(=O)CNC(=O)OC(C)(C)C)ncn1C. The summed E-state index contributed by atoms with van der Waals surface area (Å²) in [5.74, 6) is -0.237. The third-order valence-electron chi connectivity index (χ3n) is 2.29. The first-order valence-corrected chi connectivity index (χ1v) is 5.68. The fourth-order valence-corrected chi connectivity index (χ4v) is 1.32. The van der Waals surface area contributed by atoms with E-state index in [0.717, 1.165) is 5.69 Å². The van der Waals surface area contributed by atoms with Crippen molar-refractivity contribution in [3.05, 3.63) is 17.7 Å². The van der Waals surface area contributed by atoms with Crippen LogP contribution in [0, 0.1) is 6.92 Å². The number of Topliss-reactive ketones (excluding diaryl/α,β-unsaturated/α-hetero) is 1. The molecule has 18 heavy (non-hydrogen) atoms. The molecule has 0 atom stereocenters. The molecule has 0 unspecified atom stereocenters. The lowest BCUT2D eigenvalue weighted by atomic mass is 10.2. The van der Waals surface area contributed by atoms with Gasteiger partial charge in [0.05, 0.1) is 12.9 Å². The number of carbonyl (C=O) groups excluding carboxylic acids is 2. The van der Waals surface area contributed by atoms with E-state index in [1.54, 1.807) is 45.6 Å². The van der Waals surface area contributed by atoms with Crippen LogP contribution in [0.5, 0.6) is 0 Å². The Bertz CT molecular complexity index is 458. The number of carbonyl (C=O) groups is 2. The van der Waals surface area contributed by atoms with Gasteiger partial charge in [-0.05, 0) is 27.7 Å². The van der Waals surface area contributed by atoms with Crippen LogP contribution in [-0.4, -0.2) is 33.6 Å². The van der Waals surface area contributed by atoms with E-state index in [9.17, 15) is 9.59 Å². The lowest BCUT2D eigenvalue weighted by Gasteiger charge is -2.19. The normalized spacial score (nSPS) is 11.2. The maximum absolute atomic E-state index is 11.8. The fourth-order valence-electron chi connectivity index (χ4n) is 1.32. The van der Waals surface area contributed by atoms with Gasteiger partial charge in [-0.2, -0.15) is 0 Å². The number of nitrogens with zero attached hydrogens (tertiary/aromatic N) is 2. The average molecular weight is 253 g/mol. The molecule has 100 valence electrons. The van der Waals surface area contributed by atoms with Crippen LogP contribution >= 0.6 is 0 Å². The Morgan fingerprint density at radius 1 is 1.44 bits per heavy atom. The number of hydrogen-bond acceptors (Lipinski definition) is 4. The first-order valence-electron chi connectivity index (χ1n) is 5.68. The standard InChI is InChI=1S/C12H19N3O3/c1-8-10(14-7-15(8)5)9(16)6-13-11(17)18-12(2,3)4/h7H,6H2,1-5H3,(H,13,17).